The molecular weight excluding hydrogens is 216 g/mol. The minimum Gasteiger partial charge on any atom is -0.508 e. The van der Waals surface area contributed by atoms with Crippen molar-refractivity contribution in [3.05, 3.63) is 35.9 Å². The van der Waals surface area contributed by atoms with Gasteiger partial charge in [0, 0.05) is 11.6 Å². The van der Waals surface area contributed by atoms with Gasteiger partial charge < -0.3 is 10.4 Å². The highest BCUT2D eigenvalue weighted by molar-refractivity contribution is 5.45. The van der Waals surface area contributed by atoms with Gasteiger partial charge in [-0.15, -0.1) is 0 Å². The number of hydrogen-bond acceptors (Lipinski definition) is 4. The van der Waals surface area contributed by atoms with Crippen LogP contribution in [0.4, 0.5) is 5.69 Å². The van der Waals surface area contributed by atoms with Gasteiger partial charge in [-0.05, 0) is 37.1 Å². The van der Waals surface area contributed by atoms with E-state index in [4.69, 9.17) is 5.11 Å². The lowest BCUT2D eigenvalue weighted by Gasteiger charge is -2.03. The number of aromatic amines is 1. The number of H-pyrrole nitrogens is 1. The van der Waals surface area contributed by atoms with Crippen LogP contribution in [0.15, 0.2) is 24.3 Å². The molecule has 1 aliphatic carbocycles. The molecule has 1 aromatic carbocycles. The minimum atomic E-state index is 0.270. The predicted octanol–water partition coefficient (Wildman–Crippen LogP) is 2.00. The summed E-state index contributed by atoms with van der Waals surface area (Å²) in [7, 11) is 0. The highest BCUT2D eigenvalue weighted by Gasteiger charge is 2.27. The largest absolute Gasteiger partial charge is 0.508 e. The Hall–Kier alpha value is -2.04. The van der Waals surface area contributed by atoms with Gasteiger partial charge in [0.05, 0.1) is 6.54 Å². The van der Waals surface area contributed by atoms with Gasteiger partial charge in [-0.25, -0.2) is 4.98 Å². The van der Waals surface area contributed by atoms with E-state index in [1.165, 1.54) is 12.8 Å². The first-order valence-electron chi connectivity index (χ1n) is 5.75. The van der Waals surface area contributed by atoms with Crippen molar-refractivity contribution in [1.29, 1.82) is 0 Å². The van der Waals surface area contributed by atoms with Gasteiger partial charge in [-0.3, -0.25) is 5.10 Å². The van der Waals surface area contributed by atoms with Gasteiger partial charge in [0.2, 0.25) is 0 Å². The van der Waals surface area contributed by atoms with Crippen LogP contribution in [0.2, 0.25) is 0 Å². The number of rotatable bonds is 4. The lowest BCUT2D eigenvalue weighted by atomic mass is 10.3. The van der Waals surface area contributed by atoms with Crippen LogP contribution in [0.25, 0.3) is 0 Å². The lowest BCUT2D eigenvalue weighted by molar-refractivity contribution is 0.475. The van der Waals surface area contributed by atoms with Crippen molar-refractivity contribution in [2.24, 2.45) is 0 Å². The summed E-state index contributed by atoms with van der Waals surface area (Å²) >= 11 is 0. The third-order valence-electron chi connectivity index (χ3n) is 2.82. The quantitative estimate of drug-likeness (QED) is 0.702. The monoisotopic (exact) mass is 230 g/mol. The highest BCUT2D eigenvalue weighted by Crippen LogP contribution is 2.37. The van der Waals surface area contributed by atoms with Crippen molar-refractivity contribution in [3.63, 3.8) is 0 Å². The van der Waals surface area contributed by atoms with Crippen molar-refractivity contribution in [2.75, 3.05) is 5.32 Å². The average molecular weight is 230 g/mol. The normalized spacial score (nSPS) is 14.8. The van der Waals surface area contributed by atoms with E-state index in [1.54, 1.807) is 12.1 Å². The molecule has 3 rings (SSSR count). The van der Waals surface area contributed by atoms with Gasteiger partial charge in [0.1, 0.15) is 11.6 Å². The highest BCUT2D eigenvalue weighted by atomic mass is 16.3. The number of phenolic OH excluding ortho intramolecular Hbond substituents is 1. The van der Waals surface area contributed by atoms with Crippen LogP contribution in [-0.2, 0) is 6.54 Å². The summed E-state index contributed by atoms with van der Waals surface area (Å²) in [6, 6.07) is 6.96. The molecule has 2 aromatic rings. The molecule has 1 aromatic heterocycles. The molecule has 0 aliphatic heterocycles. The Bertz CT molecular complexity index is 501. The minimum absolute atomic E-state index is 0.270. The maximum Gasteiger partial charge on any atom is 0.153 e. The van der Waals surface area contributed by atoms with Crippen molar-refractivity contribution < 1.29 is 5.11 Å². The Labute approximate surface area is 98.9 Å². The van der Waals surface area contributed by atoms with Crippen molar-refractivity contribution in [2.45, 2.75) is 25.3 Å². The number of anilines is 1. The smallest absolute Gasteiger partial charge is 0.153 e. The zero-order chi connectivity index (χ0) is 11.7. The third-order valence-corrected chi connectivity index (χ3v) is 2.82. The van der Waals surface area contributed by atoms with Crippen LogP contribution in [0.1, 0.15) is 30.4 Å². The standard InChI is InChI=1S/C12H14N4O/c17-10-5-3-9(4-6-10)13-7-11-14-12(16-15-11)8-1-2-8/h3-6,8,13,17H,1-2,7H2,(H,14,15,16). The maximum absolute atomic E-state index is 9.16. The summed E-state index contributed by atoms with van der Waals surface area (Å²) < 4.78 is 0. The molecule has 0 atom stereocenters. The van der Waals surface area contributed by atoms with Gasteiger partial charge in [-0.1, -0.05) is 0 Å². The molecule has 0 unspecified atom stereocenters. The zero-order valence-corrected chi connectivity index (χ0v) is 9.35. The van der Waals surface area contributed by atoms with Crippen LogP contribution in [0.3, 0.4) is 0 Å². The molecule has 17 heavy (non-hydrogen) atoms. The molecule has 0 bridgehead atoms. The van der Waals surface area contributed by atoms with Crippen molar-refractivity contribution in [1.82, 2.24) is 15.2 Å². The van der Waals surface area contributed by atoms with E-state index in [0.717, 1.165) is 17.3 Å². The molecule has 1 fully saturated rings. The van der Waals surface area contributed by atoms with Crippen LogP contribution in [-0.4, -0.2) is 20.3 Å². The Kier molecular flexibility index (Phi) is 2.44. The molecule has 0 amide bonds. The van der Waals surface area contributed by atoms with E-state index in [0.29, 0.717) is 12.5 Å². The summed E-state index contributed by atoms with van der Waals surface area (Å²) in [6.07, 6.45) is 2.42. The second-order valence-corrected chi connectivity index (χ2v) is 4.32. The van der Waals surface area contributed by atoms with Gasteiger partial charge in [0.15, 0.2) is 5.82 Å². The van der Waals surface area contributed by atoms with E-state index in [2.05, 4.69) is 20.5 Å². The fraction of sp³-hybridized carbons (Fsp3) is 0.333. The van der Waals surface area contributed by atoms with E-state index in [1.807, 2.05) is 12.1 Å². The van der Waals surface area contributed by atoms with Crippen LogP contribution >= 0.6 is 0 Å². The Balaban J connectivity index is 1.60. The molecule has 0 spiro atoms. The number of phenols is 1. The van der Waals surface area contributed by atoms with E-state index in [-0.39, 0.29) is 5.75 Å². The summed E-state index contributed by atoms with van der Waals surface area (Å²) in [6.45, 7) is 0.616. The van der Waals surface area contributed by atoms with Gasteiger partial charge in [-0.2, -0.15) is 5.10 Å². The average Bonchev–Trinajstić information content (AvgIpc) is 3.09. The topological polar surface area (TPSA) is 73.8 Å². The molecular formula is C12H14N4O. The summed E-state index contributed by atoms with van der Waals surface area (Å²) in [5.74, 6) is 2.63. The third kappa shape index (κ3) is 2.38. The Morgan fingerprint density at radius 1 is 1.29 bits per heavy atom. The number of benzene rings is 1. The fourth-order valence-corrected chi connectivity index (χ4v) is 1.68. The van der Waals surface area contributed by atoms with E-state index >= 15 is 0 Å². The molecule has 1 aliphatic rings. The summed E-state index contributed by atoms with van der Waals surface area (Å²) in [5, 5.41) is 19.5. The second kappa shape index (κ2) is 4.08. The first-order valence-corrected chi connectivity index (χ1v) is 5.75. The molecule has 1 saturated carbocycles. The molecule has 88 valence electrons. The van der Waals surface area contributed by atoms with Crippen LogP contribution < -0.4 is 5.32 Å². The van der Waals surface area contributed by atoms with Gasteiger partial charge in [0.25, 0.3) is 0 Å². The number of nitrogens with zero attached hydrogens (tertiary/aromatic N) is 2. The molecule has 0 radical (unpaired) electrons. The summed E-state index contributed by atoms with van der Waals surface area (Å²) in [5.41, 5.74) is 0.951. The molecule has 5 nitrogen and oxygen atoms in total. The van der Waals surface area contributed by atoms with Crippen LogP contribution in [0, 0.1) is 0 Å². The number of aromatic nitrogens is 3. The molecule has 1 heterocycles. The molecule has 3 N–H and O–H groups in total. The van der Waals surface area contributed by atoms with Crippen molar-refractivity contribution >= 4 is 5.69 Å². The lowest BCUT2D eigenvalue weighted by Crippen LogP contribution is -2.01. The molecule has 5 heteroatoms. The first kappa shape index (κ1) is 10.1. The summed E-state index contributed by atoms with van der Waals surface area (Å²) in [4.78, 5) is 4.43. The van der Waals surface area contributed by atoms with Crippen LogP contribution in [0.5, 0.6) is 5.75 Å². The number of aromatic hydroxyl groups is 1. The first-order chi connectivity index (χ1) is 8.31. The molecule has 0 saturated heterocycles. The van der Waals surface area contributed by atoms with Crippen molar-refractivity contribution in [3.8, 4) is 5.75 Å². The number of hydrogen-bond donors (Lipinski definition) is 3. The van der Waals surface area contributed by atoms with Gasteiger partial charge >= 0.3 is 0 Å². The van der Waals surface area contributed by atoms with E-state index < -0.39 is 0 Å². The maximum atomic E-state index is 9.16. The predicted molar refractivity (Wildman–Crippen MR) is 63.8 cm³/mol. The Morgan fingerprint density at radius 2 is 2.06 bits per heavy atom. The zero-order valence-electron chi connectivity index (χ0n) is 9.35. The SMILES string of the molecule is Oc1ccc(NCc2nc(C3CC3)n[nH]2)cc1. The Morgan fingerprint density at radius 3 is 2.76 bits per heavy atom. The van der Waals surface area contributed by atoms with E-state index in [9.17, 15) is 0 Å². The fourth-order valence-electron chi connectivity index (χ4n) is 1.68. The second-order valence-electron chi connectivity index (χ2n) is 4.32. The number of nitrogens with one attached hydrogen (secondary N) is 2.